The number of rotatable bonds is 8. The average molecular weight is 357 g/mol. The fourth-order valence-electron chi connectivity index (χ4n) is 2.48. The van der Waals surface area contributed by atoms with Crippen LogP contribution >= 0.6 is 0 Å². The lowest BCUT2D eigenvalue weighted by Crippen LogP contribution is -2.40. The van der Waals surface area contributed by atoms with Gasteiger partial charge in [-0.2, -0.15) is 0 Å². The maximum absolute atomic E-state index is 12.1. The van der Waals surface area contributed by atoms with Crippen molar-refractivity contribution in [2.75, 3.05) is 26.9 Å². The van der Waals surface area contributed by atoms with Crippen molar-refractivity contribution in [3.8, 4) is 0 Å². The van der Waals surface area contributed by atoms with E-state index in [1.165, 1.54) is 13.3 Å². The van der Waals surface area contributed by atoms with Crippen LogP contribution in [0.3, 0.4) is 0 Å². The van der Waals surface area contributed by atoms with Crippen molar-refractivity contribution < 1.29 is 24.4 Å². The van der Waals surface area contributed by atoms with Crippen LogP contribution in [-0.4, -0.2) is 65.0 Å². The highest BCUT2D eigenvalue weighted by Crippen LogP contribution is 2.30. The number of aliphatic hydroxyl groups is 2. The number of aromatic nitrogens is 2. The van der Waals surface area contributed by atoms with E-state index in [0.29, 0.717) is 0 Å². The predicted octanol–water partition coefficient (Wildman–Crippen LogP) is -1.37. The quantitative estimate of drug-likeness (QED) is 0.223. The van der Waals surface area contributed by atoms with Crippen molar-refractivity contribution in [3.05, 3.63) is 43.0 Å². The van der Waals surface area contributed by atoms with Gasteiger partial charge in [0.25, 0.3) is 5.56 Å². The lowest BCUT2D eigenvalue weighted by Gasteiger charge is -2.22. The van der Waals surface area contributed by atoms with Gasteiger partial charge in [0.1, 0.15) is 18.3 Å². The molecule has 0 aliphatic carbocycles. The summed E-state index contributed by atoms with van der Waals surface area (Å²) in [5, 5.41) is 22.8. The molecule has 0 bridgehead atoms. The van der Waals surface area contributed by atoms with Crippen molar-refractivity contribution in [2.45, 2.75) is 31.1 Å². The van der Waals surface area contributed by atoms with Gasteiger partial charge < -0.3 is 24.4 Å². The Bertz CT molecular complexity index is 741. The molecule has 1 saturated heterocycles. The number of aromatic amines is 1. The summed E-state index contributed by atoms with van der Waals surface area (Å²) in [6.07, 6.45) is -3.02. The minimum absolute atomic E-state index is 0.0404. The summed E-state index contributed by atoms with van der Waals surface area (Å²) in [6, 6.07) is 0. The highest BCUT2D eigenvalue weighted by Gasteiger charge is 2.45. The Morgan fingerprint density at radius 3 is 2.88 bits per heavy atom. The number of aliphatic hydroxyl groups excluding tert-OH is 2. The zero-order valence-corrected chi connectivity index (χ0v) is 13.4. The van der Waals surface area contributed by atoms with Gasteiger partial charge in [0, 0.05) is 23.8 Å². The number of ether oxygens (including phenoxy) is 3. The number of nitrogens with zero attached hydrogens (tertiary/aromatic N) is 4. The first kappa shape index (κ1) is 19.1. The molecule has 0 spiro atoms. The van der Waals surface area contributed by atoms with Crippen molar-refractivity contribution in [1.82, 2.24) is 9.55 Å². The van der Waals surface area contributed by atoms with Crippen molar-refractivity contribution in [2.24, 2.45) is 5.11 Å². The van der Waals surface area contributed by atoms with Crippen molar-refractivity contribution in [1.29, 1.82) is 0 Å². The van der Waals surface area contributed by atoms with Crippen molar-refractivity contribution in [3.63, 3.8) is 0 Å². The molecule has 2 rings (SSSR count). The third kappa shape index (κ3) is 4.25. The SMILES string of the molecule is COCCO[C@@H]1[C@H](O)[C@@H](CO)O[C@H]1n1cc(CN=[N+]=[N-])c(=O)[nH]c1=O. The largest absolute Gasteiger partial charge is 0.394 e. The lowest BCUT2D eigenvalue weighted by atomic mass is 10.1. The normalized spacial score (nSPS) is 25.7. The van der Waals surface area contributed by atoms with Gasteiger partial charge in [0.05, 0.1) is 26.4 Å². The molecular weight excluding hydrogens is 338 g/mol. The number of hydrogen-bond acceptors (Lipinski definition) is 8. The Kier molecular flexibility index (Phi) is 6.70. The molecule has 0 unspecified atom stereocenters. The molecule has 1 aromatic rings. The first-order valence-corrected chi connectivity index (χ1v) is 7.43. The fourth-order valence-corrected chi connectivity index (χ4v) is 2.48. The predicted molar refractivity (Wildman–Crippen MR) is 82.8 cm³/mol. The fraction of sp³-hybridized carbons (Fsp3) is 0.692. The summed E-state index contributed by atoms with van der Waals surface area (Å²) in [4.78, 5) is 28.5. The summed E-state index contributed by atoms with van der Waals surface area (Å²) in [6.45, 7) is -0.367. The number of nitrogens with one attached hydrogen (secondary N) is 1. The van der Waals surface area contributed by atoms with Crippen LogP contribution in [0.1, 0.15) is 11.8 Å². The second-order valence-corrected chi connectivity index (χ2v) is 5.28. The van der Waals surface area contributed by atoms with Crippen LogP contribution in [0.2, 0.25) is 0 Å². The van der Waals surface area contributed by atoms with Gasteiger partial charge in [-0.3, -0.25) is 14.3 Å². The van der Waals surface area contributed by atoms with Crippen LogP contribution in [0.25, 0.3) is 10.4 Å². The lowest BCUT2D eigenvalue weighted by molar-refractivity contribution is -0.0820. The minimum Gasteiger partial charge on any atom is -0.394 e. The molecule has 25 heavy (non-hydrogen) atoms. The van der Waals surface area contributed by atoms with Gasteiger partial charge >= 0.3 is 5.69 Å². The second-order valence-electron chi connectivity index (χ2n) is 5.28. The molecule has 0 amide bonds. The molecule has 138 valence electrons. The van der Waals surface area contributed by atoms with Gasteiger partial charge in [-0.25, -0.2) is 4.79 Å². The average Bonchev–Trinajstić information content (AvgIpc) is 2.90. The molecule has 0 aromatic carbocycles. The van der Waals surface area contributed by atoms with E-state index in [2.05, 4.69) is 15.0 Å². The topological polar surface area (TPSA) is 172 Å². The number of H-pyrrole nitrogens is 1. The van der Waals surface area contributed by atoms with E-state index < -0.39 is 42.4 Å². The standard InChI is InChI=1S/C13H19N5O7/c1-23-2-3-24-10-9(20)8(6-19)25-12(10)18-5-7(4-15-17-14)11(21)16-13(18)22/h5,8-10,12,19-20H,2-4,6H2,1H3,(H,16,21,22)/t8-,9-,10-,12-/m1/s1. The van der Waals surface area contributed by atoms with Crippen LogP contribution in [0.5, 0.6) is 0 Å². The Hall–Kier alpha value is -2.21. The van der Waals surface area contributed by atoms with E-state index in [1.54, 1.807) is 0 Å². The smallest absolute Gasteiger partial charge is 0.330 e. The summed E-state index contributed by atoms with van der Waals surface area (Å²) in [5.41, 5.74) is 6.94. The van der Waals surface area contributed by atoms with E-state index in [1.807, 2.05) is 0 Å². The monoisotopic (exact) mass is 357 g/mol. The van der Waals surface area contributed by atoms with Gasteiger partial charge in [0.15, 0.2) is 6.23 Å². The molecule has 3 N–H and O–H groups in total. The Morgan fingerprint density at radius 1 is 1.48 bits per heavy atom. The minimum atomic E-state index is -1.19. The zero-order chi connectivity index (χ0) is 18.4. The molecule has 1 fully saturated rings. The first-order chi connectivity index (χ1) is 12.0. The van der Waals surface area contributed by atoms with Gasteiger partial charge in [-0.1, -0.05) is 5.11 Å². The van der Waals surface area contributed by atoms with Gasteiger partial charge in [-0.05, 0) is 5.53 Å². The Morgan fingerprint density at radius 2 is 2.24 bits per heavy atom. The molecule has 0 saturated carbocycles. The van der Waals surface area contributed by atoms with Crippen molar-refractivity contribution >= 4 is 0 Å². The highest BCUT2D eigenvalue weighted by molar-refractivity contribution is 5.06. The maximum Gasteiger partial charge on any atom is 0.330 e. The van der Waals surface area contributed by atoms with Gasteiger partial charge in [0.2, 0.25) is 0 Å². The summed E-state index contributed by atoms with van der Waals surface area (Å²) >= 11 is 0. The number of azide groups is 1. The Labute approximate surface area is 141 Å². The molecule has 12 nitrogen and oxygen atoms in total. The van der Waals surface area contributed by atoms with E-state index >= 15 is 0 Å². The molecule has 1 aromatic heterocycles. The second kappa shape index (κ2) is 8.76. The van der Waals surface area contributed by atoms with E-state index in [-0.39, 0.29) is 25.3 Å². The molecule has 2 heterocycles. The molecule has 12 heteroatoms. The van der Waals surface area contributed by atoms with Crippen LogP contribution in [0.15, 0.2) is 20.9 Å². The van der Waals surface area contributed by atoms with Crippen LogP contribution in [0, 0.1) is 0 Å². The van der Waals surface area contributed by atoms with E-state index in [4.69, 9.17) is 19.7 Å². The molecule has 1 aliphatic rings. The molecular formula is C13H19N5O7. The third-order valence-corrected chi connectivity index (χ3v) is 3.71. The number of hydrogen-bond donors (Lipinski definition) is 3. The maximum atomic E-state index is 12.1. The number of methoxy groups -OCH3 is 1. The third-order valence-electron chi connectivity index (χ3n) is 3.71. The van der Waals surface area contributed by atoms with Crippen LogP contribution < -0.4 is 11.2 Å². The van der Waals surface area contributed by atoms with Crippen LogP contribution in [-0.2, 0) is 20.8 Å². The van der Waals surface area contributed by atoms with E-state index in [0.717, 1.165) is 4.57 Å². The van der Waals surface area contributed by atoms with Gasteiger partial charge in [-0.15, -0.1) is 0 Å². The summed E-state index contributed by atoms with van der Waals surface area (Å²) in [5.74, 6) is 0. The molecule has 1 aliphatic heterocycles. The summed E-state index contributed by atoms with van der Waals surface area (Å²) in [7, 11) is 1.48. The summed E-state index contributed by atoms with van der Waals surface area (Å²) < 4.78 is 16.9. The first-order valence-electron chi connectivity index (χ1n) is 7.43. The highest BCUT2D eigenvalue weighted by atomic mass is 16.6. The molecule has 4 atom stereocenters. The zero-order valence-electron chi connectivity index (χ0n) is 13.4. The van der Waals surface area contributed by atoms with Crippen LogP contribution in [0.4, 0.5) is 0 Å². The Balaban J connectivity index is 2.37. The van der Waals surface area contributed by atoms with E-state index in [9.17, 15) is 19.8 Å². The molecule has 0 radical (unpaired) electrons.